The lowest BCUT2D eigenvalue weighted by molar-refractivity contribution is -0.117. The van der Waals surface area contributed by atoms with Crippen LogP contribution in [0.1, 0.15) is 36.8 Å². The van der Waals surface area contributed by atoms with E-state index >= 15 is 0 Å². The smallest absolute Gasteiger partial charge is 0.409 e. The molecule has 0 aromatic heterocycles. The number of benzene rings is 2. The number of nitrogens with zero attached hydrogens (tertiary/aromatic N) is 1. The summed E-state index contributed by atoms with van der Waals surface area (Å²) in [7, 11) is 0. The number of amides is 2. The van der Waals surface area contributed by atoms with Crippen molar-refractivity contribution in [3.8, 4) is 0 Å². The van der Waals surface area contributed by atoms with Gasteiger partial charge in [0, 0.05) is 17.2 Å². The van der Waals surface area contributed by atoms with Gasteiger partial charge in [0.1, 0.15) is 6.61 Å². The molecule has 0 unspecified atom stereocenters. The predicted molar refractivity (Wildman–Crippen MR) is 107 cm³/mol. The van der Waals surface area contributed by atoms with Gasteiger partial charge >= 0.3 is 6.09 Å². The van der Waals surface area contributed by atoms with Crippen molar-refractivity contribution >= 4 is 23.4 Å². The second-order valence-electron chi connectivity index (χ2n) is 7.14. The zero-order valence-corrected chi connectivity index (χ0v) is 15.6. The van der Waals surface area contributed by atoms with E-state index in [0.717, 1.165) is 48.2 Å². The minimum Gasteiger partial charge on any atom is -0.445 e. The van der Waals surface area contributed by atoms with E-state index < -0.39 is 12.3 Å². The fourth-order valence-electron chi connectivity index (χ4n) is 3.78. The average molecular weight is 377 g/mol. The molecular weight excluding hydrogens is 354 g/mol. The number of carbonyl (C=O) groups is 2. The Balaban J connectivity index is 1.52. The van der Waals surface area contributed by atoms with Crippen LogP contribution in [0.5, 0.6) is 0 Å². The quantitative estimate of drug-likeness (QED) is 0.849. The molecule has 0 spiro atoms. The van der Waals surface area contributed by atoms with E-state index in [1.54, 1.807) is 0 Å². The summed E-state index contributed by atoms with van der Waals surface area (Å²) in [5.41, 5.74) is 3.44. The third-order valence-corrected chi connectivity index (χ3v) is 5.19. The van der Waals surface area contributed by atoms with E-state index in [1.165, 1.54) is 0 Å². The molecule has 2 aliphatic rings. The molecular formula is C22H23N3O3. The summed E-state index contributed by atoms with van der Waals surface area (Å²) in [6.45, 7) is 0.139. The summed E-state index contributed by atoms with van der Waals surface area (Å²) >= 11 is 0. The third kappa shape index (κ3) is 4.06. The number of hydrogen-bond donors (Lipinski definition) is 2. The highest BCUT2D eigenvalue weighted by atomic mass is 16.5. The molecule has 1 aliphatic heterocycles. The molecule has 1 aliphatic carbocycles. The lowest BCUT2D eigenvalue weighted by atomic mass is 9.94. The number of hydrogen-bond acceptors (Lipinski definition) is 4. The van der Waals surface area contributed by atoms with Gasteiger partial charge in [-0.1, -0.05) is 61.4 Å². The van der Waals surface area contributed by atoms with Crippen LogP contribution in [0.15, 0.2) is 59.6 Å². The second-order valence-corrected chi connectivity index (χ2v) is 7.14. The van der Waals surface area contributed by atoms with Crippen LogP contribution in [0.4, 0.5) is 10.5 Å². The Labute approximate surface area is 164 Å². The molecule has 144 valence electrons. The summed E-state index contributed by atoms with van der Waals surface area (Å²) < 4.78 is 5.26. The first-order valence-corrected chi connectivity index (χ1v) is 9.66. The second kappa shape index (κ2) is 8.25. The van der Waals surface area contributed by atoms with E-state index in [4.69, 9.17) is 4.74 Å². The first-order chi connectivity index (χ1) is 13.7. The van der Waals surface area contributed by atoms with Crippen molar-refractivity contribution in [1.29, 1.82) is 0 Å². The fourth-order valence-corrected chi connectivity index (χ4v) is 3.78. The van der Waals surface area contributed by atoms with Gasteiger partial charge in [0.25, 0.3) is 5.91 Å². The first-order valence-electron chi connectivity index (χ1n) is 9.66. The van der Waals surface area contributed by atoms with Gasteiger partial charge in [-0.05, 0) is 24.5 Å². The Hall–Kier alpha value is -3.15. The monoisotopic (exact) mass is 377 g/mol. The molecule has 1 atom stereocenters. The van der Waals surface area contributed by atoms with Crippen LogP contribution in [0.25, 0.3) is 0 Å². The van der Waals surface area contributed by atoms with Crippen LogP contribution in [-0.2, 0) is 16.1 Å². The highest BCUT2D eigenvalue weighted by molar-refractivity contribution is 6.13. The van der Waals surface area contributed by atoms with Crippen molar-refractivity contribution in [1.82, 2.24) is 5.32 Å². The standard InChI is InChI=1S/C22H23N3O3/c26-21-20(25-22(27)28-14-15-8-2-1-3-9-15)24-19(16-10-4-5-11-16)17-12-6-7-13-18(17)23-21/h1-3,6-9,12-13,16,20H,4-5,10-11,14H2,(H,23,26)(H,25,27)/t20-/m1/s1. The molecule has 2 N–H and O–H groups in total. The molecule has 28 heavy (non-hydrogen) atoms. The number of ether oxygens (including phenoxy) is 1. The molecule has 1 saturated carbocycles. The summed E-state index contributed by atoms with van der Waals surface area (Å²) in [4.78, 5) is 29.6. The lowest BCUT2D eigenvalue weighted by Crippen LogP contribution is -2.42. The molecule has 2 amide bonds. The normalized spacial score (nSPS) is 19.2. The van der Waals surface area contributed by atoms with E-state index in [1.807, 2.05) is 54.6 Å². The Morgan fingerprint density at radius 3 is 2.57 bits per heavy atom. The van der Waals surface area contributed by atoms with E-state index in [-0.39, 0.29) is 12.5 Å². The number of aliphatic imine (C=N–C) groups is 1. The van der Waals surface area contributed by atoms with Crippen LogP contribution in [0.3, 0.4) is 0 Å². The topological polar surface area (TPSA) is 79.8 Å². The van der Waals surface area contributed by atoms with Gasteiger partial charge in [-0.2, -0.15) is 0 Å². The van der Waals surface area contributed by atoms with Crippen molar-refractivity contribution in [3.63, 3.8) is 0 Å². The van der Waals surface area contributed by atoms with Crippen molar-refractivity contribution in [2.45, 2.75) is 38.5 Å². The van der Waals surface area contributed by atoms with Crippen LogP contribution in [0, 0.1) is 5.92 Å². The zero-order valence-electron chi connectivity index (χ0n) is 15.6. The highest BCUT2D eigenvalue weighted by Crippen LogP contribution is 2.32. The summed E-state index contributed by atoms with van der Waals surface area (Å²) in [6.07, 6.45) is 2.74. The van der Waals surface area contributed by atoms with E-state index in [0.29, 0.717) is 5.92 Å². The minimum absolute atomic E-state index is 0.139. The van der Waals surface area contributed by atoms with Gasteiger partial charge in [0.2, 0.25) is 6.17 Å². The Morgan fingerprint density at radius 1 is 1.07 bits per heavy atom. The van der Waals surface area contributed by atoms with Crippen LogP contribution < -0.4 is 10.6 Å². The van der Waals surface area contributed by atoms with Gasteiger partial charge in [-0.25, -0.2) is 4.79 Å². The molecule has 0 saturated heterocycles. The average Bonchev–Trinajstić information content (AvgIpc) is 3.21. The molecule has 6 nitrogen and oxygen atoms in total. The minimum atomic E-state index is -1.01. The molecule has 2 aromatic carbocycles. The van der Waals surface area contributed by atoms with Crippen LogP contribution >= 0.6 is 0 Å². The first kappa shape index (κ1) is 18.2. The predicted octanol–water partition coefficient (Wildman–Crippen LogP) is 3.87. The summed E-state index contributed by atoms with van der Waals surface area (Å²) in [5, 5.41) is 5.49. The fraction of sp³-hybridized carbons (Fsp3) is 0.318. The SMILES string of the molecule is O=C(N[C@H]1N=C(C2CCCC2)c2ccccc2NC1=O)OCc1ccccc1. The number of para-hydroxylation sites is 1. The van der Waals surface area contributed by atoms with Gasteiger partial charge in [0.05, 0.1) is 5.71 Å². The number of carbonyl (C=O) groups excluding carboxylic acids is 2. The Kier molecular flexibility index (Phi) is 5.37. The third-order valence-electron chi connectivity index (χ3n) is 5.19. The number of rotatable bonds is 4. The summed E-state index contributed by atoms with van der Waals surface area (Å²) in [5.74, 6) is -0.0596. The molecule has 6 heteroatoms. The van der Waals surface area contributed by atoms with Gasteiger partial charge < -0.3 is 10.1 Å². The van der Waals surface area contributed by atoms with Gasteiger partial charge in [-0.15, -0.1) is 0 Å². The van der Waals surface area contributed by atoms with Crippen LogP contribution in [0.2, 0.25) is 0 Å². The zero-order chi connectivity index (χ0) is 19.3. The summed E-state index contributed by atoms with van der Waals surface area (Å²) in [6, 6.07) is 17.1. The Morgan fingerprint density at radius 2 is 1.79 bits per heavy atom. The van der Waals surface area contributed by atoms with E-state index in [9.17, 15) is 9.59 Å². The number of anilines is 1. The maximum Gasteiger partial charge on any atom is 0.409 e. The van der Waals surface area contributed by atoms with Gasteiger partial charge in [-0.3, -0.25) is 15.1 Å². The van der Waals surface area contributed by atoms with Gasteiger partial charge in [0.15, 0.2) is 0 Å². The molecule has 4 rings (SSSR count). The number of nitrogens with one attached hydrogen (secondary N) is 2. The number of alkyl carbamates (subject to hydrolysis) is 1. The maximum atomic E-state index is 12.7. The van der Waals surface area contributed by atoms with Crippen molar-refractivity contribution in [2.75, 3.05) is 5.32 Å². The van der Waals surface area contributed by atoms with E-state index in [2.05, 4.69) is 15.6 Å². The molecule has 2 aromatic rings. The largest absolute Gasteiger partial charge is 0.445 e. The van der Waals surface area contributed by atoms with Crippen molar-refractivity contribution in [2.24, 2.45) is 10.9 Å². The van der Waals surface area contributed by atoms with Crippen molar-refractivity contribution < 1.29 is 14.3 Å². The molecule has 1 heterocycles. The maximum absolute atomic E-state index is 12.7. The van der Waals surface area contributed by atoms with Crippen LogP contribution in [-0.4, -0.2) is 23.9 Å². The lowest BCUT2D eigenvalue weighted by Gasteiger charge is -2.16. The van der Waals surface area contributed by atoms with Crippen molar-refractivity contribution in [3.05, 3.63) is 65.7 Å². The Bertz CT molecular complexity index is 889. The highest BCUT2D eigenvalue weighted by Gasteiger charge is 2.31. The number of benzodiazepines with no additional fused rings is 1. The number of fused-ring (bicyclic) bond motifs is 1. The molecule has 0 radical (unpaired) electrons. The molecule has 0 bridgehead atoms. The molecule has 1 fully saturated rings.